The van der Waals surface area contributed by atoms with E-state index in [1.54, 1.807) is 7.05 Å². The van der Waals surface area contributed by atoms with Crippen LogP contribution in [0.25, 0.3) is 0 Å². The predicted molar refractivity (Wildman–Crippen MR) is 70.8 cm³/mol. The summed E-state index contributed by atoms with van der Waals surface area (Å²) in [7, 11) is 1.71. The van der Waals surface area contributed by atoms with E-state index in [0.717, 1.165) is 0 Å². The predicted octanol–water partition coefficient (Wildman–Crippen LogP) is 1.38. The SMILES string of the molecule is CCc1nn(C)c(Cl)c1C(=O)NC(C)C(C)CO. The van der Waals surface area contributed by atoms with Gasteiger partial charge in [-0.1, -0.05) is 25.4 Å². The lowest BCUT2D eigenvalue weighted by molar-refractivity contribution is 0.0915. The molecule has 0 radical (unpaired) electrons. The third kappa shape index (κ3) is 3.03. The molecule has 2 N–H and O–H groups in total. The summed E-state index contributed by atoms with van der Waals surface area (Å²) in [5, 5.41) is 16.4. The minimum Gasteiger partial charge on any atom is -0.396 e. The van der Waals surface area contributed by atoms with Crippen molar-refractivity contribution >= 4 is 17.5 Å². The van der Waals surface area contributed by atoms with Gasteiger partial charge in [0.15, 0.2) is 0 Å². The van der Waals surface area contributed by atoms with E-state index < -0.39 is 0 Å². The van der Waals surface area contributed by atoms with Gasteiger partial charge in [-0.2, -0.15) is 5.10 Å². The number of aromatic nitrogens is 2. The zero-order valence-corrected chi connectivity index (χ0v) is 12.0. The number of rotatable bonds is 5. The van der Waals surface area contributed by atoms with Gasteiger partial charge < -0.3 is 10.4 Å². The molecule has 0 bridgehead atoms. The normalized spacial score (nSPS) is 14.3. The number of hydrogen-bond donors (Lipinski definition) is 2. The van der Waals surface area contributed by atoms with Crippen molar-refractivity contribution in [3.8, 4) is 0 Å². The molecular formula is C12H20ClN3O2. The van der Waals surface area contributed by atoms with Crippen LogP contribution in [0.4, 0.5) is 0 Å². The van der Waals surface area contributed by atoms with Crippen LogP contribution in [0.15, 0.2) is 0 Å². The first-order valence-electron chi connectivity index (χ1n) is 6.05. The van der Waals surface area contributed by atoms with E-state index in [9.17, 15) is 4.79 Å². The Morgan fingerprint density at radius 1 is 1.56 bits per heavy atom. The van der Waals surface area contributed by atoms with Crippen molar-refractivity contribution in [2.75, 3.05) is 6.61 Å². The molecule has 0 fully saturated rings. The minimum absolute atomic E-state index is 0.00512. The second-order valence-electron chi connectivity index (χ2n) is 4.51. The van der Waals surface area contributed by atoms with Gasteiger partial charge in [-0.05, 0) is 19.3 Å². The van der Waals surface area contributed by atoms with Crippen molar-refractivity contribution in [3.05, 3.63) is 16.4 Å². The lowest BCUT2D eigenvalue weighted by Gasteiger charge is -2.19. The molecular weight excluding hydrogens is 254 g/mol. The molecule has 18 heavy (non-hydrogen) atoms. The summed E-state index contributed by atoms with van der Waals surface area (Å²) in [6.07, 6.45) is 0.646. The van der Waals surface area contributed by atoms with E-state index in [1.807, 2.05) is 20.8 Å². The second-order valence-corrected chi connectivity index (χ2v) is 4.87. The van der Waals surface area contributed by atoms with Crippen molar-refractivity contribution < 1.29 is 9.90 Å². The summed E-state index contributed by atoms with van der Waals surface area (Å²) in [5.41, 5.74) is 1.11. The fourth-order valence-corrected chi connectivity index (χ4v) is 1.84. The van der Waals surface area contributed by atoms with Crippen LogP contribution in [0.3, 0.4) is 0 Å². The first-order chi connectivity index (χ1) is 8.42. The van der Waals surface area contributed by atoms with E-state index in [2.05, 4.69) is 10.4 Å². The molecule has 0 spiro atoms. The Balaban J connectivity index is 2.91. The molecule has 0 aliphatic carbocycles. The Morgan fingerprint density at radius 3 is 2.67 bits per heavy atom. The molecule has 0 aliphatic heterocycles. The molecule has 1 aromatic rings. The van der Waals surface area contributed by atoms with Crippen molar-refractivity contribution in [3.63, 3.8) is 0 Å². The van der Waals surface area contributed by atoms with Gasteiger partial charge in [-0.15, -0.1) is 0 Å². The number of aryl methyl sites for hydroxylation is 2. The van der Waals surface area contributed by atoms with E-state index >= 15 is 0 Å². The first kappa shape index (κ1) is 15.0. The maximum absolute atomic E-state index is 12.2. The van der Waals surface area contributed by atoms with Crippen LogP contribution < -0.4 is 5.32 Å². The molecule has 1 rings (SSSR count). The topological polar surface area (TPSA) is 67.2 Å². The lowest BCUT2D eigenvalue weighted by atomic mass is 10.0. The number of carbonyl (C=O) groups is 1. The molecule has 2 unspecified atom stereocenters. The maximum atomic E-state index is 12.2. The average molecular weight is 274 g/mol. The van der Waals surface area contributed by atoms with Crippen molar-refractivity contribution in [1.82, 2.24) is 15.1 Å². The number of carbonyl (C=O) groups excluding carboxylic acids is 1. The summed E-state index contributed by atoms with van der Waals surface area (Å²) >= 11 is 6.07. The van der Waals surface area contributed by atoms with Crippen molar-refractivity contribution in [1.29, 1.82) is 0 Å². The van der Waals surface area contributed by atoms with Crippen LogP contribution >= 0.6 is 11.6 Å². The number of halogens is 1. The van der Waals surface area contributed by atoms with Crippen LogP contribution in [-0.2, 0) is 13.5 Å². The molecule has 102 valence electrons. The summed E-state index contributed by atoms with van der Waals surface area (Å²) in [6.45, 7) is 5.68. The van der Waals surface area contributed by atoms with Crippen LogP contribution in [0.5, 0.6) is 0 Å². The molecule has 1 amide bonds. The smallest absolute Gasteiger partial charge is 0.256 e. The Hall–Kier alpha value is -1.07. The van der Waals surface area contributed by atoms with Crippen LogP contribution in [0.1, 0.15) is 36.8 Å². The molecule has 1 aromatic heterocycles. The standard InChI is InChI=1S/C12H20ClN3O2/c1-5-9-10(11(13)16(4)15-9)12(18)14-8(3)7(2)6-17/h7-8,17H,5-6H2,1-4H3,(H,14,18). The van der Waals surface area contributed by atoms with Gasteiger partial charge in [-0.25, -0.2) is 0 Å². The number of amides is 1. The average Bonchev–Trinajstić information content (AvgIpc) is 2.63. The summed E-state index contributed by atoms with van der Waals surface area (Å²) < 4.78 is 1.50. The fraction of sp³-hybridized carbons (Fsp3) is 0.667. The third-order valence-electron chi connectivity index (χ3n) is 3.11. The third-order valence-corrected chi connectivity index (χ3v) is 3.55. The Morgan fingerprint density at radius 2 is 2.17 bits per heavy atom. The number of aliphatic hydroxyl groups is 1. The van der Waals surface area contributed by atoms with Gasteiger partial charge in [-0.3, -0.25) is 9.48 Å². The maximum Gasteiger partial charge on any atom is 0.256 e. The highest BCUT2D eigenvalue weighted by Crippen LogP contribution is 2.20. The number of nitrogens with zero attached hydrogens (tertiary/aromatic N) is 2. The number of nitrogens with one attached hydrogen (secondary N) is 1. The quantitative estimate of drug-likeness (QED) is 0.852. The summed E-state index contributed by atoms with van der Waals surface area (Å²) in [5.74, 6) is -0.243. The molecule has 0 saturated heterocycles. The molecule has 1 heterocycles. The van der Waals surface area contributed by atoms with E-state index in [0.29, 0.717) is 22.8 Å². The van der Waals surface area contributed by atoms with Gasteiger partial charge in [0.1, 0.15) is 5.15 Å². The van der Waals surface area contributed by atoms with E-state index in [-0.39, 0.29) is 24.5 Å². The Bertz CT molecular complexity index is 431. The van der Waals surface area contributed by atoms with Crippen LogP contribution in [0.2, 0.25) is 5.15 Å². The van der Waals surface area contributed by atoms with Crippen LogP contribution in [-0.4, -0.2) is 33.4 Å². The number of aliphatic hydroxyl groups excluding tert-OH is 1. The summed E-state index contributed by atoms with van der Waals surface area (Å²) in [4.78, 5) is 12.2. The fourth-order valence-electron chi connectivity index (χ4n) is 1.61. The molecule has 0 saturated carbocycles. The Labute approximate surface area is 112 Å². The molecule has 5 nitrogen and oxygen atoms in total. The van der Waals surface area contributed by atoms with E-state index in [4.69, 9.17) is 16.7 Å². The van der Waals surface area contributed by atoms with Gasteiger partial charge in [0.2, 0.25) is 0 Å². The first-order valence-corrected chi connectivity index (χ1v) is 6.43. The van der Waals surface area contributed by atoms with Gasteiger partial charge >= 0.3 is 0 Å². The molecule has 6 heteroatoms. The minimum atomic E-state index is -0.238. The molecule has 0 aliphatic rings. The van der Waals surface area contributed by atoms with Gasteiger partial charge in [0.25, 0.3) is 5.91 Å². The van der Waals surface area contributed by atoms with E-state index in [1.165, 1.54) is 4.68 Å². The lowest BCUT2D eigenvalue weighted by Crippen LogP contribution is -2.38. The number of hydrogen-bond acceptors (Lipinski definition) is 3. The molecule has 0 aromatic carbocycles. The molecule has 2 atom stereocenters. The van der Waals surface area contributed by atoms with Crippen LogP contribution in [0, 0.1) is 5.92 Å². The highest BCUT2D eigenvalue weighted by Gasteiger charge is 2.23. The summed E-state index contributed by atoms with van der Waals surface area (Å²) in [6, 6.07) is -0.122. The second kappa shape index (κ2) is 6.20. The van der Waals surface area contributed by atoms with Gasteiger partial charge in [0.05, 0.1) is 11.3 Å². The zero-order valence-electron chi connectivity index (χ0n) is 11.2. The Kier molecular flexibility index (Phi) is 5.16. The van der Waals surface area contributed by atoms with Crippen molar-refractivity contribution in [2.45, 2.75) is 33.2 Å². The largest absolute Gasteiger partial charge is 0.396 e. The van der Waals surface area contributed by atoms with Crippen molar-refractivity contribution in [2.24, 2.45) is 13.0 Å². The monoisotopic (exact) mass is 273 g/mol. The van der Waals surface area contributed by atoms with Gasteiger partial charge in [0, 0.05) is 19.7 Å². The highest BCUT2D eigenvalue weighted by atomic mass is 35.5. The zero-order chi connectivity index (χ0) is 13.9. The highest BCUT2D eigenvalue weighted by molar-refractivity contribution is 6.33.